The normalized spacial score (nSPS) is 14.9. The van der Waals surface area contributed by atoms with Crippen LogP contribution in [0.15, 0.2) is 48.5 Å². The molecule has 0 saturated carbocycles. The number of nitrogens with zero attached hydrogens (tertiary/aromatic N) is 3. The predicted molar refractivity (Wildman–Crippen MR) is 116 cm³/mol. The molecular weight excluding hydrogens is 392 g/mol. The number of nitrogens with one attached hydrogen (secondary N) is 1. The van der Waals surface area contributed by atoms with Gasteiger partial charge in [-0.15, -0.1) is 10.2 Å². The van der Waals surface area contributed by atoms with Gasteiger partial charge in [0.15, 0.2) is 0 Å². The van der Waals surface area contributed by atoms with Crippen molar-refractivity contribution < 1.29 is 4.74 Å². The third-order valence-electron chi connectivity index (χ3n) is 4.93. The molecule has 1 aliphatic rings. The number of benzene rings is 2. The third kappa shape index (κ3) is 4.75. The molecule has 0 atom stereocenters. The fourth-order valence-corrected chi connectivity index (χ4v) is 4.44. The first-order chi connectivity index (χ1) is 13.7. The molecule has 1 fully saturated rings. The minimum Gasteiger partial charge on any atom is -0.497 e. The van der Waals surface area contributed by atoms with E-state index in [9.17, 15) is 0 Å². The average Bonchev–Trinajstić information content (AvgIpc) is 3.19. The Labute approximate surface area is 174 Å². The number of aromatic nitrogens is 2. The van der Waals surface area contributed by atoms with Crippen molar-refractivity contribution in [2.45, 2.75) is 25.3 Å². The van der Waals surface area contributed by atoms with Gasteiger partial charge in [-0.25, -0.2) is 0 Å². The highest BCUT2D eigenvalue weighted by atomic mass is 35.5. The van der Waals surface area contributed by atoms with Crippen LogP contribution in [0, 0.1) is 0 Å². The third-order valence-corrected chi connectivity index (χ3v) is 6.17. The standard InChI is InChI=1S/C21H23ClN4OS/c1-27-19-4-2-3-18(14-19)23-17-9-11-26(12-10-17)21-25-24-20(28-21)13-15-5-7-16(22)8-6-15/h2-8,14,17,23H,9-13H2,1H3. The lowest BCUT2D eigenvalue weighted by Gasteiger charge is -2.32. The molecule has 0 amide bonds. The van der Waals surface area contributed by atoms with E-state index in [2.05, 4.69) is 26.5 Å². The zero-order chi connectivity index (χ0) is 19.3. The number of piperidine rings is 1. The summed E-state index contributed by atoms with van der Waals surface area (Å²) in [5.41, 5.74) is 2.31. The predicted octanol–water partition coefficient (Wildman–Crippen LogP) is 4.87. The van der Waals surface area contributed by atoms with Gasteiger partial charge in [-0.3, -0.25) is 0 Å². The zero-order valence-electron chi connectivity index (χ0n) is 15.8. The molecule has 0 radical (unpaired) electrons. The minimum atomic E-state index is 0.463. The molecule has 1 aromatic heterocycles. The van der Waals surface area contributed by atoms with Gasteiger partial charge in [0.05, 0.1) is 7.11 Å². The van der Waals surface area contributed by atoms with Crippen molar-refractivity contribution in [2.75, 3.05) is 30.4 Å². The second-order valence-corrected chi connectivity index (χ2v) is 8.40. The summed E-state index contributed by atoms with van der Waals surface area (Å²) in [6.07, 6.45) is 2.94. The van der Waals surface area contributed by atoms with Crippen molar-refractivity contribution in [2.24, 2.45) is 0 Å². The highest BCUT2D eigenvalue weighted by Gasteiger charge is 2.22. The van der Waals surface area contributed by atoms with E-state index in [1.807, 2.05) is 42.5 Å². The highest BCUT2D eigenvalue weighted by molar-refractivity contribution is 7.15. The number of ether oxygens (including phenoxy) is 1. The molecule has 2 aromatic carbocycles. The molecule has 0 bridgehead atoms. The van der Waals surface area contributed by atoms with Crippen molar-refractivity contribution >= 4 is 33.8 Å². The van der Waals surface area contributed by atoms with Gasteiger partial charge in [0.25, 0.3) is 0 Å². The molecule has 0 spiro atoms. The molecule has 1 aliphatic heterocycles. The highest BCUT2D eigenvalue weighted by Crippen LogP contribution is 2.27. The van der Waals surface area contributed by atoms with Crippen LogP contribution in [0.1, 0.15) is 23.4 Å². The summed E-state index contributed by atoms with van der Waals surface area (Å²) in [7, 11) is 1.70. The molecule has 28 heavy (non-hydrogen) atoms. The Morgan fingerprint density at radius 1 is 1.14 bits per heavy atom. The molecular formula is C21H23ClN4OS. The summed E-state index contributed by atoms with van der Waals surface area (Å²) < 4.78 is 5.30. The van der Waals surface area contributed by atoms with Crippen molar-refractivity contribution in [1.82, 2.24) is 10.2 Å². The molecule has 146 valence electrons. The number of methoxy groups -OCH3 is 1. The van der Waals surface area contributed by atoms with Crippen molar-refractivity contribution in [3.05, 3.63) is 64.1 Å². The number of hydrogen-bond acceptors (Lipinski definition) is 6. The van der Waals surface area contributed by atoms with E-state index in [-0.39, 0.29) is 0 Å². The number of hydrogen-bond donors (Lipinski definition) is 1. The average molecular weight is 415 g/mol. The van der Waals surface area contributed by atoms with E-state index in [0.29, 0.717) is 6.04 Å². The van der Waals surface area contributed by atoms with Gasteiger partial charge in [0, 0.05) is 42.3 Å². The number of halogens is 1. The molecule has 1 saturated heterocycles. The van der Waals surface area contributed by atoms with Crippen LogP contribution >= 0.6 is 22.9 Å². The van der Waals surface area contributed by atoms with Gasteiger partial charge < -0.3 is 15.0 Å². The number of anilines is 2. The van der Waals surface area contributed by atoms with E-state index in [4.69, 9.17) is 16.3 Å². The first-order valence-corrected chi connectivity index (χ1v) is 10.6. The van der Waals surface area contributed by atoms with Gasteiger partial charge in [-0.2, -0.15) is 0 Å². The maximum atomic E-state index is 5.95. The van der Waals surface area contributed by atoms with Crippen molar-refractivity contribution in [3.63, 3.8) is 0 Å². The van der Waals surface area contributed by atoms with E-state index in [1.165, 1.54) is 5.56 Å². The van der Waals surface area contributed by atoms with Crippen LogP contribution < -0.4 is 15.0 Å². The lowest BCUT2D eigenvalue weighted by Crippen LogP contribution is -2.39. The SMILES string of the molecule is COc1cccc(NC2CCN(c3nnc(Cc4ccc(Cl)cc4)s3)CC2)c1. The lowest BCUT2D eigenvalue weighted by atomic mass is 10.1. The molecule has 0 aliphatic carbocycles. The smallest absolute Gasteiger partial charge is 0.208 e. The van der Waals surface area contributed by atoms with Crippen LogP contribution in [-0.4, -0.2) is 36.4 Å². The summed E-state index contributed by atoms with van der Waals surface area (Å²) in [5, 5.41) is 15.2. The first-order valence-electron chi connectivity index (χ1n) is 9.42. The maximum Gasteiger partial charge on any atom is 0.208 e. The fourth-order valence-electron chi connectivity index (χ4n) is 3.38. The van der Waals surface area contributed by atoms with Crippen molar-refractivity contribution in [3.8, 4) is 5.75 Å². The maximum absolute atomic E-state index is 5.95. The van der Waals surface area contributed by atoms with Gasteiger partial charge in [-0.1, -0.05) is 41.1 Å². The van der Waals surface area contributed by atoms with Crippen LogP contribution in [0.5, 0.6) is 5.75 Å². The monoisotopic (exact) mass is 414 g/mol. The second-order valence-electron chi connectivity index (χ2n) is 6.92. The van der Waals surface area contributed by atoms with Crippen LogP contribution in [0.2, 0.25) is 5.02 Å². The van der Waals surface area contributed by atoms with E-state index in [0.717, 1.165) is 59.0 Å². The Morgan fingerprint density at radius 2 is 1.93 bits per heavy atom. The topological polar surface area (TPSA) is 50.3 Å². The molecule has 5 nitrogen and oxygen atoms in total. The van der Waals surface area contributed by atoms with E-state index < -0.39 is 0 Å². The minimum absolute atomic E-state index is 0.463. The van der Waals surface area contributed by atoms with E-state index in [1.54, 1.807) is 18.4 Å². The Kier molecular flexibility index (Phi) is 5.98. The largest absolute Gasteiger partial charge is 0.497 e. The second kappa shape index (κ2) is 8.80. The van der Waals surface area contributed by atoms with Crippen LogP contribution in [0.3, 0.4) is 0 Å². The van der Waals surface area contributed by atoms with Crippen LogP contribution in [0.4, 0.5) is 10.8 Å². The van der Waals surface area contributed by atoms with E-state index >= 15 is 0 Å². The summed E-state index contributed by atoms with van der Waals surface area (Å²) in [5.74, 6) is 0.879. The van der Waals surface area contributed by atoms with Gasteiger partial charge >= 0.3 is 0 Å². The Bertz CT molecular complexity index is 907. The lowest BCUT2D eigenvalue weighted by molar-refractivity contribution is 0.415. The quantitative estimate of drug-likeness (QED) is 0.623. The Hall–Kier alpha value is -2.31. The molecule has 7 heteroatoms. The Morgan fingerprint density at radius 3 is 2.68 bits per heavy atom. The van der Waals surface area contributed by atoms with Crippen molar-refractivity contribution in [1.29, 1.82) is 0 Å². The first kappa shape index (κ1) is 19.0. The van der Waals surface area contributed by atoms with Crippen LogP contribution in [-0.2, 0) is 6.42 Å². The summed E-state index contributed by atoms with van der Waals surface area (Å²) in [6, 6.07) is 16.5. The fraction of sp³-hybridized carbons (Fsp3) is 0.333. The molecule has 0 unspecified atom stereocenters. The molecule has 4 rings (SSSR count). The zero-order valence-corrected chi connectivity index (χ0v) is 17.3. The van der Waals surface area contributed by atoms with Gasteiger partial charge in [-0.05, 0) is 42.7 Å². The molecule has 1 N–H and O–H groups in total. The summed E-state index contributed by atoms with van der Waals surface area (Å²) in [6.45, 7) is 1.97. The summed E-state index contributed by atoms with van der Waals surface area (Å²) in [4.78, 5) is 2.34. The summed E-state index contributed by atoms with van der Waals surface area (Å²) >= 11 is 7.64. The molecule has 2 heterocycles. The Balaban J connectivity index is 1.31. The number of rotatable bonds is 6. The van der Waals surface area contributed by atoms with Crippen LogP contribution in [0.25, 0.3) is 0 Å². The molecule has 3 aromatic rings. The van der Waals surface area contributed by atoms with Gasteiger partial charge in [0.1, 0.15) is 10.8 Å². The van der Waals surface area contributed by atoms with Gasteiger partial charge in [0.2, 0.25) is 5.13 Å².